The van der Waals surface area contributed by atoms with Gasteiger partial charge in [0.1, 0.15) is 11.5 Å². The lowest BCUT2D eigenvalue weighted by molar-refractivity contribution is 0.0118. The molecule has 1 rings (SSSR count). The Balaban J connectivity index is 2.78. The number of aromatic hydroxyl groups is 1. The molecule has 0 atom stereocenters. The summed E-state index contributed by atoms with van der Waals surface area (Å²) in [5, 5.41) is 11.5. The maximum Gasteiger partial charge on any atom is 0.277 e. The molecule has 1 amide bonds. The molecule has 100 valence electrons. The van der Waals surface area contributed by atoms with Gasteiger partial charge in [-0.3, -0.25) is 4.79 Å². The van der Waals surface area contributed by atoms with Crippen LogP contribution in [0, 0.1) is 0 Å². The zero-order valence-electron chi connectivity index (χ0n) is 9.74. The zero-order valence-corrected chi connectivity index (χ0v) is 9.74. The Morgan fingerprint density at radius 3 is 2.78 bits per heavy atom. The summed E-state index contributed by atoms with van der Waals surface area (Å²) in [4.78, 5) is 11.6. The van der Waals surface area contributed by atoms with Crippen LogP contribution in [0.3, 0.4) is 0 Å². The molecular formula is C11H14F2N2O3. The van der Waals surface area contributed by atoms with Crippen molar-refractivity contribution in [2.75, 3.05) is 20.2 Å². The average Bonchev–Trinajstić information content (AvgIpc) is 2.36. The molecule has 7 heteroatoms. The molecule has 0 aliphatic heterocycles. The van der Waals surface area contributed by atoms with Crippen molar-refractivity contribution in [1.82, 2.24) is 5.32 Å². The van der Waals surface area contributed by atoms with Gasteiger partial charge in [-0.15, -0.1) is 0 Å². The number of amides is 1. The number of hydrogen-bond acceptors (Lipinski definition) is 4. The second-order valence-corrected chi connectivity index (χ2v) is 3.63. The van der Waals surface area contributed by atoms with Crippen molar-refractivity contribution in [2.24, 2.45) is 5.73 Å². The largest absolute Gasteiger partial charge is 0.507 e. The van der Waals surface area contributed by atoms with E-state index in [1.54, 1.807) is 0 Å². The number of benzene rings is 1. The Morgan fingerprint density at radius 2 is 2.22 bits per heavy atom. The Kier molecular flexibility index (Phi) is 4.43. The number of alkyl halides is 2. The minimum Gasteiger partial charge on any atom is -0.507 e. The van der Waals surface area contributed by atoms with Gasteiger partial charge in [-0.1, -0.05) is 0 Å². The maximum atomic E-state index is 12.8. The van der Waals surface area contributed by atoms with Crippen molar-refractivity contribution in [3.8, 4) is 11.5 Å². The van der Waals surface area contributed by atoms with Crippen LogP contribution in [0.25, 0.3) is 0 Å². The topological polar surface area (TPSA) is 84.6 Å². The van der Waals surface area contributed by atoms with Crippen molar-refractivity contribution < 1.29 is 23.4 Å². The van der Waals surface area contributed by atoms with E-state index in [2.05, 4.69) is 0 Å². The molecule has 4 N–H and O–H groups in total. The van der Waals surface area contributed by atoms with Crippen LogP contribution < -0.4 is 15.8 Å². The van der Waals surface area contributed by atoms with Crippen LogP contribution in [-0.2, 0) is 0 Å². The summed E-state index contributed by atoms with van der Waals surface area (Å²) >= 11 is 0. The first-order valence-electron chi connectivity index (χ1n) is 5.13. The molecule has 18 heavy (non-hydrogen) atoms. The third-order valence-electron chi connectivity index (χ3n) is 2.25. The molecule has 0 aliphatic rings. The van der Waals surface area contributed by atoms with Crippen molar-refractivity contribution >= 4 is 5.91 Å². The Labute approximate surface area is 103 Å². The fourth-order valence-electron chi connectivity index (χ4n) is 1.20. The Bertz CT molecular complexity index is 438. The summed E-state index contributed by atoms with van der Waals surface area (Å²) in [6, 6.07) is 3.95. The summed E-state index contributed by atoms with van der Waals surface area (Å²) in [7, 11) is 1.39. The van der Waals surface area contributed by atoms with E-state index in [0.717, 1.165) is 0 Å². The standard InChI is InChI=1S/C11H14F2N2O3/c1-18-7-2-3-9(16)8(4-7)10(17)15-6-11(12,13)5-14/h2-4,16H,5-6,14H2,1H3,(H,15,17). The van der Waals surface area contributed by atoms with E-state index < -0.39 is 24.9 Å². The number of carbonyl (C=O) groups excluding carboxylic acids is 1. The number of nitrogens with two attached hydrogens (primary N) is 1. The predicted octanol–water partition coefficient (Wildman–Crippen LogP) is 0.725. The van der Waals surface area contributed by atoms with Crippen molar-refractivity contribution in [3.63, 3.8) is 0 Å². The summed E-state index contributed by atoms with van der Waals surface area (Å²) in [6.07, 6.45) is 0. The average molecular weight is 260 g/mol. The monoisotopic (exact) mass is 260 g/mol. The van der Waals surface area contributed by atoms with E-state index in [1.807, 2.05) is 5.32 Å². The Morgan fingerprint density at radius 1 is 1.56 bits per heavy atom. The number of hydrogen-bond donors (Lipinski definition) is 3. The van der Waals surface area contributed by atoms with Crippen LogP contribution in [0.15, 0.2) is 18.2 Å². The molecule has 0 radical (unpaired) electrons. The zero-order chi connectivity index (χ0) is 13.8. The summed E-state index contributed by atoms with van der Waals surface area (Å²) < 4.78 is 30.6. The highest BCUT2D eigenvalue weighted by Gasteiger charge is 2.27. The summed E-state index contributed by atoms with van der Waals surface area (Å²) in [6.45, 7) is -1.75. The highest BCUT2D eigenvalue weighted by molar-refractivity contribution is 5.97. The van der Waals surface area contributed by atoms with Gasteiger partial charge in [0.25, 0.3) is 11.8 Å². The first-order chi connectivity index (χ1) is 8.39. The van der Waals surface area contributed by atoms with Gasteiger partial charge in [0.05, 0.1) is 25.8 Å². The van der Waals surface area contributed by atoms with Gasteiger partial charge in [-0.2, -0.15) is 0 Å². The minimum atomic E-state index is -3.18. The van der Waals surface area contributed by atoms with Crippen LogP contribution in [-0.4, -0.2) is 37.1 Å². The van der Waals surface area contributed by atoms with Gasteiger partial charge in [-0.25, -0.2) is 8.78 Å². The third kappa shape index (κ3) is 3.56. The van der Waals surface area contributed by atoms with Gasteiger partial charge in [0.2, 0.25) is 0 Å². The molecule has 0 aromatic heterocycles. The number of nitrogens with one attached hydrogen (secondary N) is 1. The molecule has 0 saturated carbocycles. The second kappa shape index (κ2) is 5.63. The maximum absolute atomic E-state index is 12.8. The van der Waals surface area contributed by atoms with Gasteiger partial charge >= 0.3 is 0 Å². The molecular weight excluding hydrogens is 246 g/mol. The van der Waals surface area contributed by atoms with Crippen LogP contribution in [0.2, 0.25) is 0 Å². The lowest BCUT2D eigenvalue weighted by atomic mass is 10.1. The highest BCUT2D eigenvalue weighted by Crippen LogP contribution is 2.22. The van der Waals surface area contributed by atoms with Crippen LogP contribution >= 0.6 is 0 Å². The first kappa shape index (κ1) is 14.2. The van der Waals surface area contributed by atoms with E-state index in [-0.39, 0.29) is 11.3 Å². The van der Waals surface area contributed by atoms with Gasteiger partial charge in [-0.05, 0) is 18.2 Å². The van der Waals surface area contributed by atoms with E-state index in [9.17, 15) is 18.7 Å². The number of halogens is 2. The number of methoxy groups -OCH3 is 1. The molecule has 0 heterocycles. The van der Waals surface area contributed by atoms with Crippen LogP contribution in [0.4, 0.5) is 8.78 Å². The summed E-state index contributed by atoms with van der Waals surface area (Å²) in [5.41, 5.74) is 4.70. The first-order valence-corrected chi connectivity index (χ1v) is 5.13. The lowest BCUT2D eigenvalue weighted by Gasteiger charge is -2.15. The van der Waals surface area contributed by atoms with Gasteiger partial charge in [0.15, 0.2) is 0 Å². The number of phenolic OH excluding ortho intramolecular Hbond substituents is 1. The second-order valence-electron chi connectivity index (χ2n) is 3.63. The summed E-state index contributed by atoms with van der Waals surface area (Å²) in [5.74, 6) is -3.98. The van der Waals surface area contributed by atoms with Crippen LogP contribution in [0.5, 0.6) is 11.5 Å². The predicted molar refractivity (Wildman–Crippen MR) is 61.0 cm³/mol. The molecule has 0 bridgehead atoms. The lowest BCUT2D eigenvalue weighted by Crippen LogP contribution is -2.41. The minimum absolute atomic E-state index is 0.137. The van der Waals surface area contributed by atoms with E-state index >= 15 is 0 Å². The number of ether oxygens (including phenoxy) is 1. The molecule has 1 aromatic rings. The fraction of sp³-hybridized carbons (Fsp3) is 0.364. The van der Waals surface area contributed by atoms with E-state index in [1.165, 1.54) is 25.3 Å². The van der Waals surface area contributed by atoms with Gasteiger partial charge < -0.3 is 20.9 Å². The van der Waals surface area contributed by atoms with Crippen molar-refractivity contribution in [1.29, 1.82) is 0 Å². The van der Waals surface area contributed by atoms with E-state index in [0.29, 0.717) is 5.75 Å². The molecule has 0 unspecified atom stereocenters. The fourth-order valence-corrected chi connectivity index (χ4v) is 1.20. The molecule has 5 nitrogen and oxygen atoms in total. The number of carbonyl (C=O) groups is 1. The molecule has 0 fully saturated rings. The molecule has 0 saturated heterocycles. The van der Waals surface area contributed by atoms with E-state index in [4.69, 9.17) is 10.5 Å². The SMILES string of the molecule is COc1ccc(O)c(C(=O)NCC(F)(F)CN)c1. The third-order valence-corrected chi connectivity index (χ3v) is 2.25. The van der Waals surface area contributed by atoms with Crippen molar-refractivity contribution in [2.45, 2.75) is 5.92 Å². The molecule has 1 aromatic carbocycles. The number of phenols is 1. The molecule has 0 aliphatic carbocycles. The normalized spacial score (nSPS) is 11.1. The highest BCUT2D eigenvalue weighted by atomic mass is 19.3. The quantitative estimate of drug-likeness (QED) is 0.728. The smallest absolute Gasteiger partial charge is 0.277 e. The van der Waals surface area contributed by atoms with Crippen molar-refractivity contribution in [3.05, 3.63) is 23.8 Å². The van der Waals surface area contributed by atoms with Gasteiger partial charge in [0, 0.05) is 0 Å². The van der Waals surface area contributed by atoms with Crippen LogP contribution in [0.1, 0.15) is 10.4 Å². The Hall–Kier alpha value is -1.89. The number of rotatable bonds is 5. The molecule has 0 spiro atoms.